The molecule has 2 aromatic rings. The monoisotopic (exact) mass is 303 g/mol. The Hall–Kier alpha value is -1.51. The third kappa shape index (κ3) is 4.76. The van der Waals surface area contributed by atoms with Crippen LogP contribution in [-0.4, -0.2) is 13.2 Å². The van der Waals surface area contributed by atoms with Crippen LogP contribution in [-0.2, 0) is 6.42 Å². The molecule has 0 radical (unpaired) electrons. The van der Waals surface area contributed by atoms with Crippen molar-refractivity contribution in [3.05, 3.63) is 64.7 Å². The number of halogens is 1. The van der Waals surface area contributed by atoms with Crippen LogP contribution in [0.25, 0.3) is 0 Å². The van der Waals surface area contributed by atoms with E-state index in [1.165, 1.54) is 11.1 Å². The van der Waals surface area contributed by atoms with Crippen molar-refractivity contribution in [1.82, 2.24) is 5.32 Å². The summed E-state index contributed by atoms with van der Waals surface area (Å²) in [5.41, 5.74) is 2.56. The van der Waals surface area contributed by atoms with Gasteiger partial charge in [-0.25, -0.2) is 0 Å². The predicted octanol–water partition coefficient (Wildman–Crippen LogP) is 4.63. The fourth-order valence-electron chi connectivity index (χ4n) is 2.45. The summed E-state index contributed by atoms with van der Waals surface area (Å²) in [6, 6.07) is 16.9. The standard InChI is InChI=1S/C18H22ClNO/c1-13(12-15-4-8-17(19)9-5-15)20-14(2)16-6-10-18(21-3)11-7-16/h4-11,13-14,20H,12H2,1-3H3. The smallest absolute Gasteiger partial charge is 0.118 e. The van der Waals surface area contributed by atoms with E-state index in [1.54, 1.807) is 7.11 Å². The summed E-state index contributed by atoms with van der Waals surface area (Å²) in [7, 11) is 1.69. The van der Waals surface area contributed by atoms with Gasteiger partial charge in [-0.1, -0.05) is 35.9 Å². The summed E-state index contributed by atoms with van der Waals surface area (Å²) < 4.78 is 5.19. The second kappa shape index (κ2) is 7.48. The van der Waals surface area contributed by atoms with Gasteiger partial charge in [0, 0.05) is 17.1 Å². The van der Waals surface area contributed by atoms with Gasteiger partial charge in [0.25, 0.3) is 0 Å². The van der Waals surface area contributed by atoms with Crippen LogP contribution in [0.4, 0.5) is 0 Å². The number of hydrogen-bond donors (Lipinski definition) is 1. The van der Waals surface area contributed by atoms with Gasteiger partial charge in [0.1, 0.15) is 5.75 Å². The molecule has 0 aromatic heterocycles. The van der Waals surface area contributed by atoms with Crippen molar-refractivity contribution >= 4 is 11.6 Å². The van der Waals surface area contributed by atoms with Gasteiger partial charge >= 0.3 is 0 Å². The van der Waals surface area contributed by atoms with Crippen LogP contribution in [0.3, 0.4) is 0 Å². The summed E-state index contributed by atoms with van der Waals surface area (Å²) >= 11 is 5.91. The number of hydrogen-bond acceptors (Lipinski definition) is 2. The van der Waals surface area contributed by atoms with E-state index in [2.05, 4.69) is 43.4 Å². The third-order valence-electron chi connectivity index (χ3n) is 3.61. The van der Waals surface area contributed by atoms with Gasteiger partial charge in [-0.2, -0.15) is 0 Å². The van der Waals surface area contributed by atoms with Crippen molar-refractivity contribution in [3.8, 4) is 5.75 Å². The van der Waals surface area contributed by atoms with E-state index in [0.717, 1.165) is 17.2 Å². The Morgan fingerprint density at radius 1 is 1.00 bits per heavy atom. The van der Waals surface area contributed by atoms with Crippen molar-refractivity contribution < 1.29 is 4.74 Å². The summed E-state index contributed by atoms with van der Waals surface area (Å²) in [6.45, 7) is 4.38. The molecule has 21 heavy (non-hydrogen) atoms. The van der Waals surface area contributed by atoms with Crippen molar-refractivity contribution in [2.45, 2.75) is 32.4 Å². The Labute approximate surface area is 132 Å². The van der Waals surface area contributed by atoms with Crippen LogP contribution < -0.4 is 10.1 Å². The molecule has 0 aliphatic carbocycles. The van der Waals surface area contributed by atoms with Gasteiger partial charge in [-0.15, -0.1) is 0 Å². The lowest BCUT2D eigenvalue weighted by Crippen LogP contribution is -2.30. The minimum absolute atomic E-state index is 0.304. The molecule has 112 valence electrons. The summed E-state index contributed by atoms with van der Waals surface area (Å²) in [5.74, 6) is 0.889. The molecule has 0 spiro atoms. The van der Waals surface area contributed by atoms with Crippen LogP contribution in [0, 0.1) is 0 Å². The highest BCUT2D eigenvalue weighted by Crippen LogP contribution is 2.18. The molecule has 0 bridgehead atoms. The van der Waals surface area contributed by atoms with Crippen molar-refractivity contribution in [2.75, 3.05) is 7.11 Å². The number of methoxy groups -OCH3 is 1. The Morgan fingerprint density at radius 2 is 1.62 bits per heavy atom. The average Bonchev–Trinajstić information content (AvgIpc) is 2.49. The zero-order valence-electron chi connectivity index (χ0n) is 12.8. The largest absolute Gasteiger partial charge is 0.497 e. The highest BCUT2D eigenvalue weighted by molar-refractivity contribution is 6.30. The molecule has 3 heteroatoms. The van der Waals surface area contributed by atoms with Crippen LogP contribution in [0.15, 0.2) is 48.5 Å². The van der Waals surface area contributed by atoms with E-state index in [-0.39, 0.29) is 0 Å². The van der Waals surface area contributed by atoms with Crippen LogP contribution in [0.2, 0.25) is 5.02 Å². The zero-order chi connectivity index (χ0) is 15.2. The second-order valence-corrected chi connectivity index (χ2v) is 5.83. The molecular weight excluding hydrogens is 282 g/mol. The van der Waals surface area contributed by atoms with E-state index in [0.29, 0.717) is 12.1 Å². The predicted molar refractivity (Wildman–Crippen MR) is 89.2 cm³/mol. The van der Waals surface area contributed by atoms with E-state index < -0.39 is 0 Å². The summed E-state index contributed by atoms with van der Waals surface area (Å²) in [6.07, 6.45) is 0.984. The lowest BCUT2D eigenvalue weighted by molar-refractivity contribution is 0.414. The van der Waals surface area contributed by atoms with Gasteiger partial charge in [0.15, 0.2) is 0 Å². The Balaban J connectivity index is 1.91. The maximum absolute atomic E-state index is 5.91. The molecule has 0 amide bonds. The number of ether oxygens (including phenoxy) is 1. The number of rotatable bonds is 6. The van der Waals surface area contributed by atoms with Crippen molar-refractivity contribution in [2.24, 2.45) is 0 Å². The Bertz CT molecular complexity index is 550. The highest BCUT2D eigenvalue weighted by Gasteiger charge is 2.10. The number of benzene rings is 2. The first-order valence-electron chi connectivity index (χ1n) is 7.23. The minimum atomic E-state index is 0.304. The fourth-order valence-corrected chi connectivity index (χ4v) is 2.57. The van der Waals surface area contributed by atoms with Gasteiger partial charge in [0.2, 0.25) is 0 Å². The van der Waals surface area contributed by atoms with Gasteiger partial charge in [-0.3, -0.25) is 0 Å². The molecule has 2 unspecified atom stereocenters. The first-order valence-corrected chi connectivity index (χ1v) is 7.60. The summed E-state index contributed by atoms with van der Waals surface area (Å²) in [4.78, 5) is 0. The molecule has 1 N–H and O–H groups in total. The molecule has 0 saturated carbocycles. The summed E-state index contributed by atoms with van der Waals surface area (Å²) in [5, 5.41) is 4.41. The lowest BCUT2D eigenvalue weighted by Gasteiger charge is -2.20. The first kappa shape index (κ1) is 15.9. The van der Waals surface area contributed by atoms with E-state index in [9.17, 15) is 0 Å². The minimum Gasteiger partial charge on any atom is -0.497 e. The molecule has 2 nitrogen and oxygen atoms in total. The normalized spacial score (nSPS) is 13.7. The second-order valence-electron chi connectivity index (χ2n) is 5.39. The first-order chi connectivity index (χ1) is 10.1. The zero-order valence-corrected chi connectivity index (χ0v) is 13.5. The van der Waals surface area contributed by atoms with E-state index in [4.69, 9.17) is 16.3 Å². The maximum Gasteiger partial charge on any atom is 0.118 e. The van der Waals surface area contributed by atoms with Gasteiger partial charge in [0.05, 0.1) is 7.11 Å². The van der Waals surface area contributed by atoms with Gasteiger partial charge in [-0.05, 0) is 55.7 Å². The molecule has 0 fully saturated rings. The molecule has 0 saturated heterocycles. The molecule has 2 rings (SSSR count). The quantitative estimate of drug-likeness (QED) is 0.840. The SMILES string of the molecule is COc1ccc(C(C)NC(C)Cc2ccc(Cl)cc2)cc1. The van der Waals surface area contributed by atoms with Crippen molar-refractivity contribution in [3.63, 3.8) is 0 Å². The number of nitrogens with one attached hydrogen (secondary N) is 1. The van der Waals surface area contributed by atoms with Crippen LogP contribution >= 0.6 is 11.6 Å². The highest BCUT2D eigenvalue weighted by atomic mass is 35.5. The molecule has 0 heterocycles. The molecule has 0 aliphatic rings. The third-order valence-corrected chi connectivity index (χ3v) is 3.86. The Morgan fingerprint density at radius 3 is 2.19 bits per heavy atom. The van der Waals surface area contributed by atoms with Gasteiger partial charge < -0.3 is 10.1 Å². The Kier molecular flexibility index (Phi) is 5.66. The molecular formula is C18H22ClNO. The maximum atomic E-state index is 5.91. The van der Waals surface area contributed by atoms with E-state index >= 15 is 0 Å². The van der Waals surface area contributed by atoms with Crippen LogP contribution in [0.1, 0.15) is 31.0 Å². The van der Waals surface area contributed by atoms with Crippen molar-refractivity contribution in [1.29, 1.82) is 0 Å². The molecule has 0 aliphatic heterocycles. The fraction of sp³-hybridized carbons (Fsp3) is 0.333. The topological polar surface area (TPSA) is 21.3 Å². The van der Waals surface area contributed by atoms with E-state index in [1.807, 2.05) is 24.3 Å². The van der Waals surface area contributed by atoms with Crippen LogP contribution in [0.5, 0.6) is 5.75 Å². The molecule has 2 aromatic carbocycles. The molecule has 2 atom stereocenters. The average molecular weight is 304 g/mol. The lowest BCUT2D eigenvalue weighted by atomic mass is 10.0.